The van der Waals surface area contributed by atoms with Crippen LogP contribution in [0.5, 0.6) is 0 Å². The zero-order valence-corrected chi connectivity index (χ0v) is 13.8. The molecule has 2 heterocycles. The van der Waals surface area contributed by atoms with Gasteiger partial charge in [0, 0.05) is 33.2 Å². The SMILES string of the molecule is CC(C)CCN1CCN(S(=O)(=O)c2c(N)ncn2C)CC1. The molecule has 120 valence electrons. The lowest BCUT2D eigenvalue weighted by Crippen LogP contribution is -2.49. The summed E-state index contributed by atoms with van der Waals surface area (Å²) in [6.45, 7) is 7.97. The molecule has 0 saturated carbocycles. The van der Waals surface area contributed by atoms with Crippen molar-refractivity contribution >= 4 is 15.8 Å². The standard InChI is InChI=1S/C13H25N5O2S/c1-11(2)4-5-17-6-8-18(9-7-17)21(19,20)13-12(14)15-10-16(13)3/h10-11H,4-9,14H2,1-3H3. The van der Waals surface area contributed by atoms with Crippen molar-refractivity contribution in [2.45, 2.75) is 25.3 Å². The number of rotatable bonds is 5. The van der Waals surface area contributed by atoms with E-state index in [-0.39, 0.29) is 10.8 Å². The first-order valence-corrected chi connectivity index (χ1v) is 8.75. The predicted molar refractivity (Wildman–Crippen MR) is 82.3 cm³/mol. The zero-order valence-electron chi connectivity index (χ0n) is 13.0. The average Bonchev–Trinajstić information content (AvgIpc) is 2.77. The second-order valence-electron chi connectivity index (χ2n) is 5.97. The van der Waals surface area contributed by atoms with E-state index in [0.29, 0.717) is 19.0 Å². The number of hydrogen-bond donors (Lipinski definition) is 1. The van der Waals surface area contributed by atoms with Crippen molar-refractivity contribution in [1.29, 1.82) is 0 Å². The molecule has 0 bridgehead atoms. The molecule has 7 nitrogen and oxygen atoms in total. The molecule has 2 rings (SSSR count). The van der Waals surface area contributed by atoms with Crippen molar-refractivity contribution in [1.82, 2.24) is 18.8 Å². The largest absolute Gasteiger partial charge is 0.381 e. The molecule has 0 spiro atoms. The summed E-state index contributed by atoms with van der Waals surface area (Å²) in [7, 11) is -1.90. The van der Waals surface area contributed by atoms with Crippen LogP contribution in [0.1, 0.15) is 20.3 Å². The van der Waals surface area contributed by atoms with Crippen molar-refractivity contribution in [3.63, 3.8) is 0 Å². The fourth-order valence-electron chi connectivity index (χ4n) is 2.51. The van der Waals surface area contributed by atoms with Gasteiger partial charge in [-0.2, -0.15) is 4.31 Å². The first kappa shape index (κ1) is 16.3. The third kappa shape index (κ3) is 3.56. The molecular formula is C13H25N5O2S. The number of piperazine rings is 1. The van der Waals surface area contributed by atoms with Gasteiger partial charge in [-0.05, 0) is 18.9 Å². The summed E-state index contributed by atoms with van der Waals surface area (Å²) in [6.07, 6.45) is 2.57. The van der Waals surface area contributed by atoms with E-state index >= 15 is 0 Å². The predicted octanol–water partition coefficient (Wildman–Crippen LogP) is 0.355. The van der Waals surface area contributed by atoms with Crippen LogP contribution in [-0.2, 0) is 17.1 Å². The Balaban J connectivity index is 2.02. The highest BCUT2D eigenvalue weighted by Gasteiger charge is 2.32. The lowest BCUT2D eigenvalue weighted by Gasteiger charge is -2.34. The van der Waals surface area contributed by atoms with Gasteiger partial charge in [0.25, 0.3) is 10.0 Å². The molecular weight excluding hydrogens is 290 g/mol. The minimum Gasteiger partial charge on any atom is -0.381 e. The molecule has 1 aliphatic rings. The van der Waals surface area contributed by atoms with Gasteiger partial charge in [0.1, 0.15) is 0 Å². The maximum absolute atomic E-state index is 12.6. The van der Waals surface area contributed by atoms with E-state index in [4.69, 9.17) is 5.73 Å². The molecule has 1 aromatic heterocycles. The van der Waals surface area contributed by atoms with Crippen molar-refractivity contribution in [2.75, 3.05) is 38.5 Å². The first-order chi connectivity index (χ1) is 9.82. The van der Waals surface area contributed by atoms with E-state index in [9.17, 15) is 8.42 Å². The van der Waals surface area contributed by atoms with Crippen LogP contribution in [0.2, 0.25) is 0 Å². The summed E-state index contributed by atoms with van der Waals surface area (Å²) in [5.41, 5.74) is 5.69. The normalized spacial score (nSPS) is 18.5. The van der Waals surface area contributed by atoms with Crippen LogP contribution >= 0.6 is 0 Å². The van der Waals surface area contributed by atoms with Gasteiger partial charge in [-0.25, -0.2) is 13.4 Å². The lowest BCUT2D eigenvalue weighted by atomic mass is 10.1. The van der Waals surface area contributed by atoms with Crippen LogP contribution in [0, 0.1) is 5.92 Å². The summed E-state index contributed by atoms with van der Waals surface area (Å²) < 4.78 is 28.2. The maximum atomic E-state index is 12.6. The summed E-state index contributed by atoms with van der Waals surface area (Å²) in [5, 5.41) is 0.0955. The molecule has 1 aromatic rings. The molecule has 21 heavy (non-hydrogen) atoms. The van der Waals surface area contributed by atoms with Gasteiger partial charge in [-0.15, -0.1) is 0 Å². The molecule has 1 aliphatic heterocycles. The smallest absolute Gasteiger partial charge is 0.262 e. The van der Waals surface area contributed by atoms with E-state index in [1.54, 1.807) is 7.05 Å². The molecule has 1 fully saturated rings. The highest BCUT2D eigenvalue weighted by molar-refractivity contribution is 7.89. The van der Waals surface area contributed by atoms with E-state index in [2.05, 4.69) is 23.7 Å². The second kappa shape index (κ2) is 6.33. The van der Waals surface area contributed by atoms with Gasteiger partial charge in [-0.3, -0.25) is 0 Å². The Morgan fingerprint density at radius 3 is 2.38 bits per heavy atom. The minimum atomic E-state index is -3.55. The topological polar surface area (TPSA) is 84.5 Å². The van der Waals surface area contributed by atoms with Gasteiger partial charge in [0.2, 0.25) is 0 Å². The third-order valence-electron chi connectivity index (χ3n) is 3.85. The fraction of sp³-hybridized carbons (Fsp3) is 0.769. The van der Waals surface area contributed by atoms with Crippen LogP contribution in [0.15, 0.2) is 11.4 Å². The molecule has 0 atom stereocenters. The van der Waals surface area contributed by atoms with Gasteiger partial charge < -0.3 is 15.2 Å². The summed E-state index contributed by atoms with van der Waals surface area (Å²) in [6, 6.07) is 0. The zero-order chi connectivity index (χ0) is 15.6. The highest BCUT2D eigenvalue weighted by atomic mass is 32.2. The Hall–Kier alpha value is -1.12. The van der Waals surface area contributed by atoms with Crippen molar-refractivity contribution in [2.24, 2.45) is 13.0 Å². The Labute approximate surface area is 126 Å². The number of hydrogen-bond acceptors (Lipinski definition) is 5. The second-order valence-corrected chi connectivity index (χ2v) is 7.83. The van der Waals surface area contributed by atoms with Gasteiger partial charge >= 0.3 is 0 Å². The minimum absolute atomic E-state index is 0.0692. The summed E-state index contributed by atoms with van der Waals surface area (Å²) in [5.74, 6) is 0.737. The van der Waals surface area contributed by atoms with Gasteiger partial charge in [0.15, 0.2) is 10.8 Å². The number of imidazole rings is 1. The maximum Gasteiger partial charge on any atom is 0.262 e. The van der Waals surface area contributed by atoms with Crippen LogP contribution in [0.3, 0.4) is 0 Å². The number of aryl methyl sites for hydroxylation is 1. The highest BCUT2D eigenvalue weighted by Crippen LogP contribution is 2.21. The quantitative estimate of drug-likeness (QED) is 0.848. The summed E-state index contributed by atoms with van der Waals surface area (Å²) >= 11 is 0. The Morgan fingerprint density at radius 1 is 1.29 bits per heavy atom. The van der Waals surface area contributed by atoms with Crippen molar-refractivity contribution < 1.29 is 8.42 Å². The lowest BCUT2D eigenvalue weighted by molar-refractivity contribution is 0.180. The molecule has 8 heteroatoms. The molecule has 0 amide bonds. The molecule has 2 N–H and O–H groups in total. The number of nitrogens with two attached hydrogens (primary N) is 1. The Bertz CT molecular complexity index is 554. The average molecular weight is 315 g/mol. The monoisotopic (exact) mass is 315 g/mol. The fourth-order valence-corrected chi connectivity index (χ4v) is 4.12. The summed E-state index contributed by atoms with van der Waals surface area (Å²) in [4.78, 5) is 6.18. The van der Waals surface area contributed by atoms with Crippen LogP contribution < -0.4 is 5.73 Å². The van der Waals surface area contributed by atoms with E-state index in [1.165, 1.54) is 15.2 Å². The van der Waals surface area contributed by atoms with E-state index < -0.39 is 10.0 Å². The molecule has 0 aliphatic carbocycles. The molecule has 0 radical (unpaired) electrons. The van der Waals surface area contributed by atoms with Crippen LogP contribution in [0.25, 0.3) is 0 Å². The number of anilines is 1. The van der Waals surface area contributed by atoms with Crippen LogP contribution in [-0.4, -0.2) is 59.9 Å². The molecule has 0 aromatic carbocycles. The van der Waals surface area contributed by atoms with Crippen LogP contribution in [0.4, 0.5) is 5.82 Å². The van der Waals surface area contributed by atoms with Gasteiger partial charge in [-0.1, -0.05) is 13.8 Å². The Morgan fingerprint density at radius 2 is 1.90 bits per heavy atom. The Kier molecular flexibility index (Phi) is 4.90. The van der Waals surface area contributed by atoms with Crippen molar-refractivity contribution in [3.05, 3.63) is 6.33 Å². The molecule has 1 saturated heterocycles. The number of nitrogens with zero attached hydrogens (tertiary/aromatic N) is 4. The number of aromatic nitrogens is 2. The number of nitrogen functional groups attached to an aromatic ring is 1. The van der Waals surface area contributed by atoms with Gasteiger partial charge in [0.05, 0.1) is 6.33 Å². The van der Waals surface area contributed by atoms with E-state index in [0.717, 1.165) is 26.1 Å². The van der Waals surface area contributed by atoms with E-state index in [1.807, 2.05) is 0 Å². The third-order valence-corrected chi connectivity index (χ3v) is 5.88. The first-order valence-electron chi connectivity index (χ1n) is 7.31. The number of sulfonamides is 1. The van der Waals surface area contributed by atoms with Crippen molar-refractivity contribution in [3.8, 4) is 0 Å². The molecule has 0 unspecified atom stereocenters.